The molecule has 10 heteroatoms. The molecular formula is C27H25N5O4S. The number of benzene rings is 3. The van der Waals surface area contributed by atoms with Crippen molar-refractivity contribution in [3.05, 3.63) is 89.3 Å². The van der Waals surface area contributed by atoms with Gasteiger partial charge in [-0.15, -0.1) is 11.3 Å². The van der Waals surface area contributed by atoms with Crippen molar-refractivity contribution in [3.63, 3.8) is 0 Å². The Labute approximate surface area is 218 Å². The molecule has 4 N–H and O–H groups in total. The van der Waals surface area contributed by atoms with Gasteiger partial charge in [-0.25, -0.2) is 10.4 Å². The number of rotatable bonds is 11. The Bertz CT molecular complexity index is 1390. The molecule has 0 bridgehead atoms. The number of ether oxygens (including phenoxy) is 2. The lowest BCUT2D eigenvalue weighted by Crippen LogP contribution is -2.20. The lowest BCUT2D eigenvalue weighted by molar-refractivity contribution is -0.119. The molecular weight excluding hydrogens is 490 g/mol. The zero-order valence-corrected chi connectivity index (χ0v) is 20.8. The van der Waals surface area contributed by atoms with E-state index in [4.69, 9.17) is 15.2 Å². The molecule has 188 valence electrons. The van der Waals surface area contributed by atoms with E-state index in [1.807, 2.05) is 54.8 Å². The molecule has 37 heavy (non-hydrogen) atoms. The fourth-order valence-corrected chi connectivity index (χ4v) is 4.01. The number of aromatic nitrogens is 1. The van der Waals surface area contributed by atoms with Crippen LogP contribution in [0.25, 0.3) is 11.3 Å². The van der Waals surface area contributed by atoms with E-state index >= 15 is 0 Å². The van der Waals surface area contributed by atoms with Crippen LogP contribution in [0.4, 0.5) is 10.8 Å². The zero-order valence-electron chi connectivity index (χ0n) is 20.0. The summed E-state index contributed by atoms with van der Waals surface area (Å²) in [5.74, 6) is -0.0945. The molecule has 0 aliphatic heterocycles. The molecule has 0 aliphatic rings. The number of anilines is 2. The van der Waals surface area contributed by atoms with Gasteiger partial charge in [0, 0.05) is 22.2 Å². The molecule has 9 nitrogen and oxygen atoms in total. The van der Waals surface area contributed by atoms with Crippen molar-refractivity contribution in [2.24, 2.45) is 10.8 Å². The molecule has 3 aromatic carbocycles. The summed E-state index contributed by atoms with van der Waals surface area (Å²) in [4.78, 5) is 28.1. The quantitative estimate of drug-likeness (QED) is 0.198. The predicted octanol–water partition coefficient (Wildman–Crippen LogP) is 4.58. The monoisotopic (exact) mass is 515 g/mol. The summed E-state index contributed by atoms with van der Waals surface area (Å²) in [6, 6.07) is 22.0. The summed E-state index contributed by atoms with van der Waals surface area (Å²) in [5, 5.41) is 10.1. The Morgan fingerprint density at radius 2 is 1.81 bits per heavy atom. The Morgan fingerprint density at radius 3 is 2.54 bits per heavy atom. The first kappa shape index (κ1) is 25.4. The number of nitrogens with zero attached hydrogens (tertiary/aromatic N) is 2. The average Bonchev–Trinajstić information content (AvgIpc) is 3.37. The van der Waals surface area contributed by atoms with E-state index in [9.17, 15) is 9.59 Å². The number of carbonyl (C=O) groups is 2. The van der Waals surface area contributed by atoms with Crippen molar-refractivity contribution < 1.29 is 19.1 Å². The third-order valence-corrected chi connectivity index (χ3v) is 5.75. The van der Waals surface area contributed by atoms with E-state index in [0.29, 0.717) is 29.2 Å². The summed E-state index contributed by atoms with van der Waals surface area (Å²) in [6.07, 6.45) is 1.49. The second-order valence-corrected chi connectivity index (χ2v) is 8.56. The first-order valence-electron chi connectivity index (χ1n) is 11.4. The number of para-hydroxylation sites is 1. The van der Waals surface area contributed by atoms with Crippen LogP contribution < -0.4 is 25.9 Å². The van der Waals surface area contributed by atoms with Crippen molar-refractivity contribution in [2.45, 2.75) is 6.92 Å². The van der Waals surface area contributed by atoms with E-state index in [1.54, 1.807) is 30.3 Å². The van der Waals surface area contributed by atoms with Crippen LogP contribution in [0.2, 0.25) is 0 Å². The highest BCUT2D eigenvalue weighted by molar-refractivity contribution is 7.14. The maximum Gasteiger partial charge on any atom is 0.271 e. The minimum absolute atomic E-state index is 0.253. The fraction of sp³-hybridized carbons (Fsp3) is 0.111. The standard InChI is InChI=1S/C27H25N5O4S/c1-2-35-24-14-18(8-13-23(24)36-16-25(28)33)15-29-32-26(34)20-11-9-19(10-12-20)22-17-37-27(31-22)30-21-6-4-3-5-7-21/h3-15,17H,2,16H2,1H3,(H2,28,33)(H,30,31)(H,32,34)/b29-15+. The molecule has 0 radical (unpaired) electrons. The number of nitrogens with two attached hydrogens (primary N) is 1. The highest BCUT2D eigenvalue weighted by Gasteiger charge is 2.09. The summed E-state index contributed by atoms with van der Waals surface area (Å²) < 4.78 is 10.9. The van der Waals surface area contributed by atoms with E-state index < -0.39 is 5.91 Å². The van der Waals surface area contributed by atoms with Gasteiger partial charge in [-0.3, -0.25) is 9.59 Å². The first-order valence-corrected chi connectivity index (χ1v) is 12.3. The molecule has 0 spiro atoms. The van der Waals surface area contributed by atoms with Gasteiger partial charge in [-0.05, 0) is 55.0 Å². The number of nitrogens with one attached hydrogen (secondary N) is 2. The van der Waals surface area contributed by atoms with Crippen LogP contribution in [0.3, 0.4) is 0 Å². The number of hydrogen-bond acceptors (Lipinski definition) is 8. The van der Waals surface area contributed by atoms with Crippen molar-refractivity contribution in [1.29, 1.82) is 0 Å². The Balaban J connectivity index is 1.35. The minimum Gasteiger partial charge on any atom is -0.490 e. The molecule has 0 saturated carbocycles. The van der Waals surface area contributed by atoms with Crippen LogP contribution >= 0.6 is 11.3 Å². The Kier molecular flexibility index (Phi) is 8.45. The number of hydrogen-bond donors (Lipinski definition) is 3. The maximum atomic E-state index is 12.5. The van der Waals surface area contributed by atoms with Crippen LogP contribution in [0.1, 0.15) is 22.8 Å². The highest BCUT2D eigenvalue weighted by Crippen LogP contribution is 2.28. The molecule has 2 amide bonds. The molecule has 0 aliphatic carbocycles. The predicted molar refractivity (Wildman–Crippen MR) is 145 cm³/mol. The second kappa shape index (κ2) is 12.3. The third kappa shape index (κ3) is 7.15. The first-order chi connectivity index (χ1) is 18.0. The van der Waals surface area contributed by atoms with Crippen molar-refractivity contribution in [1.82, 2.24) is 10.4 Å². The smallest absolute Gasteiger partial charge is 0.271 e. The van der Waals surface area contributed by atoms with Gasteiger partial charge in [-0.1, -0.05) is 30.3 Å². The topological polar surface area (TPSA) is 128 Å². The average molecular weight is 516 g/mol. The molecule has 0 saturated heterocycles. The molecule has 0 fully saturated rings. The number of amides is 2. The van der Waals surface area contributed by atoms with Crippen LogP contribution in [0.5, 0.6) is 11.5 Å². The number of thiazole rings is 1. The van der Waals surface area contributed by atoms with Crippen molar-refractivity contribution in [2.75, 3.05) is 18.5 Å². The van der Waals surface area contributed by atoms with Gasteiger partial charge in [0.1, 0.15) is 0 Å². The van der Waals surface area contributed by atoms with E-state index in [-0.39, 0.29) is 12.5 Å². The molecule has 4 aromatic rings. The number of primary amides is 1. The van der Waals surface area contributed by atoms with Gasteiger partial charge in [0.05, 0.1) is 18.5 Å². The fourth-order valence-electron chi connectivity index (χ4n) is 3.27. The zero-order chi connectivity index (χ0) is 26.0. The summed E-state index contributed by atoms with van der Waals surface area (Å²) >= 11 is 1.51. The van der Waals surface area contributed by atoms with Crippen molar-refractivity contribution >= 4 is 40.2 Å². The number of carbonyl (C=O) groups excluding carboxylic acids is 2. The highest BCUT2D eigenvalue weighted by atomic mass is 32.1. The second-order valence-electron chi connectivity index (χ2n) is 7.70. The van der Waals surface area contributed by atoms with Gasteiger partial charge in [0.25, 0.3) is 11.8 Å². The summed E-state index contributed by atoms with van der Waals surface area (Å²) in [5.41, 5.74) is 11.5. The van der Waals surface area contributed by atoms with Gasteiger partial charge in [0.2, 0.25) is 0 Å². The third-order valence-electron chi connectivity index (χ3n) is 4.99. The molecule has 1 heterocycles. The van der Waals surface area contributed by atoms with E-state index in [1.165, 1.54) is 17.6 Å². The normalized spacial score (nSPS) is 10.7. The van der Waals surface area contributed by atoms with Gasteiger partial charge >= 0.3 is 0 Å². The summed E-state index contributed by atoms with van der Waals surface area (Å²) in [7, 11) is 0. The minimum atomic E-state index is -0.583. The maximum absolute atomic E-state index is 12.5. The van der Waals surface area contributed by atoms with Crippen LogP contribution in [0, 0.1) is 0 Å². The Hall–Kier alpha value is -4.70. The molecule has 4 rings (SSSR count). The van der Waals surface area contributed by atoms with E-state index in [2.05, 4.69) is 20.8 Å². The number of hydrazone groups is 1. The summed E-state index contributed by atoms with van der Waals surface area (Å²) in [6.45, 7) is 1.99. The van der Waals surface area contributed by atoms with Gasteiger partial charge in [0.15, 0.2) is 23.2 Å². The molecule has 1 aromatic heterocycles. The van der Waals surface area contributed by atoms with Crippen LogP contribution in [-0.2, 0) is 4.79 Å². The molecule has 0 atom stereocenters. The molecule has 0 unspecified atom stereocenters. The van der Waals surface area contributed by atoms with Gasteiger partial charge < -0.3 is 20.5 Å². The van der Waals surface area contributed by atoms with Gasteiger partial charge in [-0.2, -0.15) is 5.10 Å². The largest absolute Gasteiger partial charge is 0.490 e. The lowest BCUT2D eigenvalue weighted by atomic mass is 10.1. The van der Waals surface area contributed by atoms with Crippen molar-refractivity contribution in [3.8, 4) is 22.8 Å². The SMILES string of the molecule is CCOc1cc(/C=N/NC(=O)c2ccc(-c3csc(Nc4ccccc4)n3)cc2)ccc1OCC(N)=O. The van der Waals surface area contributed by atoms with Crippen LogP contribution in [-0.4, -0.2) is 36.2 Å². The van der Waals surface area contributed by atoms with Crippen LogP contribution in [0.15, 0.2) is 83.3 Å². The van der Waals surface area contributed by atoms with E-state index in [0.717, 1.165) is 22.1 Å². The Morgan fingerprint density at radius 1 is 1.03 bits per heavy atom. The lowest BCUT2D eigenvalue weighted by Gasteiger charge is -2.11.